The molecule has 6 heteroatoms. The molecule has 2 nitrogen and oxygen atoms in total. The highest BCUT2D eigenvalue weighted by atomic mass is 19.4. The Hall–Kier alpha value is -1.85. The molecule has 0 atom stereocenters. The molecule has 0 radical (unpaired) electrons. The smallest absolute Gasteiger partial charge is 0.403 e. The Morgan fingerprint density at radius 1 is 1.28 bits per heavy atom. The highest BCUT2D eigenvalue weighted by molar-refractivity contribution is 6.04. The molecule has 98 valence electrons. The van der Waals surface area contributed by atoms with Crippen molar-refractivity contribution in [2.24, 2.45) is 0 Å². The summed E-state index contributed by atoms with van der Waals surface area (Å²) in [7, 11) is 0. The summed E-state index contributed by atoms with van der Waals surface area (Å²) in [5, 5.41) is 0. The standard InChI is InChI=1S/C12H10F4O2/c1-7(2)5-10(17)8-3-4-11(9(13)6-8)18-12(14,15)16/h3-6H,1-2H3. The summed E-state index contributed by atoms with van der Waals surface area (Å²) in [5.41, 5.74) is 0.666. The highest BCUT2D eigenvalue weighted by Gasteiger charge is 2.32. The van der Waals surface area contributed by atoms with E-state index >= 15 is 0 Å². The van der Waals surface area contributed by atoms with E-state index in [4.69, 9.17) is 0 Å². The van der Waals surface area contributed by atoms with E-state index < -0.39 is 23.7 Å². The van der Waals surface area contributed by atoms with Crippen LogP contribution in [0.1, 0.15) is 24.2 Å². The molecule has 18 heavy (non-hydrogen) atoms. The number of carbonyl (C=O) groups excluding carboxylic acids is 1. The molecule has 0 bridgehead atoms. The predicted octanol–water partition coefficient (Wildman–Crippen LogP) is 3.87. The van der Waals surface area contributed by atoms with Gasteiger partial charge >= 0.3 is 6.36 Å². The highest BCUT2D eigenvalue weighted by Crippen LogP contribution is 2.26. The molecular formula is C12H10F4O2. The molecule has 0 aromatic heterocycles. The second kappa shape index (κ2) is 5.20. The first-order valence-electron chi connectivity index (χ1n) is 4.93. The van der Waals surface area contributed by atoms with Crippen molar-refractivity contribution in [2.45, 2.75) is 20.2 Å². The minimum absolute atomic E-state index is 0.0387. The van der Waals surface area contributed by atoms with Crippen LogP contribution in [-0.4, -0.2) is 12.1 Å². The summed E-state index contributed by atoms with van der Waals surface area (Å²) in [6.07, 6.45) is -3.70. The first kappa shape index (κ1) is 14.2. The van der Waals surface area contributed by atoms with Crippen molar-refractivity contribution in [1.29, 1.82) is 0 Å². The van der Waals surface area contributed by atoms with E-state index in [1.807, 2.05) is 0 Å². The second-order valence-corrected chi connectivity index (χ2v) is 3.78. The van der Waals surface area contributed by atoms with Gasteiger partial charge in [-0.05, 0) is 38.1 Å². The van der Waals surface area contributed by atoms with Crippen LogP contribution in [0.15, 0.2) is 29.8 Å². The van der Waals surface area contributed by atoms with Crippen LogP contribution in [0.2, 0.25) is 0 Å². The van der Waals surface area contributed by atoms with Crippen molar-refractivity contribution in [3.8, 4) is 5.75 Å². The van der Waals surface area contributed by atoms with Gasteiger partial charge in [-0.3, -0.25) is 4.79 Å². The average Bonchev–Trinajstić information content (AvgIpc) is 2.18. The molecule has 0 spiro atoms. The molecule has 1 rings (SSSR count). The maximum absolute atomic E-state index is 13.3. The number of ketones is 1. The topological polar surface area (TPSA) is 26.3 Å². The zero-order valence-corrected chi connectivity index (χ0v) is 9.64. The number of hydrogen-bond donors (Lipinski definition) is 0. The quantitative estimate of drug-likeness (QED) is 0.469. The lowest BCUT2D eigenvalue weighted by Crippen LogP contribution is -2.18. The van der Waals surface area contributed by atoms with Gasteiger partial charge in [-0.1, -0.05) is 5.57 Å². The van der Waals surface area contributed by atoms with Crippen molar-refractivity contribution in [3.05, 3.63) is 41.2 Å². The van der Waals surface area contributed by atoms with Gasteiger partial charge in [0.2, 0.25) is 0 Å². The van der Waals surface area contributed by atoms with Gasteiger partial charge in [0.1, 0.15) is 0 Å². The molecule has 0 N–H and O–H groups in total. The van der Waals surface area contributed by atoms with E-state index in [9.17, 15) is 22.4 Å². The Bertz CT molecular complexity index is 485. The molecule has 0 aliphatic heterocycles. The van der Waals surface area contributed by atoms with Gasteiger partial charge in [0.25, 0.3) is 0 Å². The number of allylic oxidation sites excluding steroid dienone is 2. The monoisotopic (exact) mass is 262 g/mol. The van der Waals surface area contributed by atoms with Crippen LogP contribution in [0, 0.1) is 5.82 Å². The number of hydrogen-bond acceptors (Lipinski definition) is 2. The van der Waals surface area contributed by atoms with Gasteiger partial charge in [0, 0.05) is 5.56 Å². The Balaban J connectivity index is 2.99. The van der Waals surface area contributed by atoms with Gasteiger partial charge in [0.05, 0.1) is 0 Å². The SMILES string of the molecule is CC(C)=CC(=O)c1ccc(OC(F)(F)F)c(F)c1. The number of alkyl halides is 3. The van der Waals surface area contributed by atoms with E-state index in [2.05, 4.69) is 4.74 Å². The van der Waals surface area contributed by atoms with Crippen molar-refractivity contribution >= 4 is 5.78 Å². The van der Waals surface area contributed by atoms with Crippen LogP contribution >= 0.6 is 0 Å². The molecule has 0 amide bonds. The Morgan fingerprint density at radius 3 is 2.33 bits per heavy atom. The van der Waals surface area contributed by atoms with E-state index in [0.29, 0.717) is 11.6 Å². The number of ether oxygens (including phenoxy) is 1. The number of halogens is 4. The first-order valence-corrected chi connectivity index (χ1v) is 4.93. The fourth-order valence-electron chi connectivity index (χ4n) is 1.21. The van der Waals surface area contributed by atoms with Crippen LogP contribution in [0.4, 0.5) is 17.6 Å². The molecular weight excluding hydrogens is 252 g/mol. The predicted molar refractivity (Wildman–Crippen MR) is 56.8 cm³/mol. The summed E-state index contributed by atoms with van der Waals surface area (Å²) in [5.74, 6) is -2.68. The summed E-state index contributed by atoms with van der Waals surface area (Å²) < 4.78 is 52.4. The molecule has 0 heterocycles. The summed E-state index contributed by atoms with van der Waals surface area (Å²) >= 11 is 0. The Morgan fingerprint density at radius 2 is 1.89 bits per heavy atom. The van der Waals surface area contributed by atoms with Gasteiger partial charge < -0.3 is 4.74 Å². The minimum atomic E-state index is -4.97. The van der Waals surface area contributed by atoms with Crippen LogP contribution in [-0.2, 0) is 0 Å². The molecule has 1 aromatic carbocycles. The summed E-state index contributed by atoms with van der Waals surface area (Å²) in [6.45, 7) is 3.35. The van der Waals surface area contributed by atoms with Gasteiger partial charge in [-0.25, -0.2) is 4.39 Å². The average molecular weight is 262 g/mol. The summed E-state index contributed by atoms with van der Waals surface area (Å²) in [4.78, 5) is 11.5. The van der Waals surface area contributed by atoms with Crippen molar-refractivity contribution in [3.63, 3.8) is 0 Å². The largest absolute Gasteiger partial charge is 0.573 e. The molecule has 1 aromatic rings. The lowest BCUT2D eigenvalue weighted by molar-refractivity contribution is -0.275. The van der Waals surface area contributed by atoms with E-state index in [0.717, 1.165) is 12.1 Å². The van der Waals surface area contributed by atoms with Crippen LogP contribution in [0.25, 0.3) is 0 Å². The van der Waals surface area contributed by atoms with Gasteiger partial charge in [-0.15, -0.1) is 13.2 Å². The third-order valence-corrected chi connectivity index (χ3v) is 1.86. The van der Waals surface area contributed by atoms with Gasteiger partial charge in [0.15, 0.2) is 17.3 Å². The van der Waals surface area contributed by atoms with Crippen LogP contribution in [0.3, 0.4) is 0 Å². The van der Waals surface area contributed by atoms with Gasteiger partial charge in [-0.2, -0.15) is 0 Å². The van der Waals surface area contributed by atoms with Crippen LogP contribution in [0.5, 0.6) is 5.75 Å². The fraction of sp³-hybridized carbons (Fsp3) is 0.250. The zero-order valence-electron chi connectivity index (χ0n) is 9.64. The lowest BCUT2D eigenvalue weighted by atomic mass is 10.1. The summed E-state index contributed by atoms with van der Waals surface area (Å²) in [6, 6.07) is 2.56. The zero-order chi connectivity index (χ0) is 13.9. The molecule has 0 aliphatic rings. The molecule has 0 aliphatic carbocycles. The lowest BCUT2D eigenvalue weighted by Gasteiger charge is -2.09. The molecule has 0 unspecified atom stereocenters. The van der Waals surface area contributed by atoms with Crippen molar-refractivity contribution in [2.75, 3.05) is 0 Å². The third kappa shape index (κ3) is 4.20. The molecule has 0 saturated carbocycles. The first-order chi connectivity index (χ1) is 8.19. The maximum atomic E-state index is 13.3. The molecule has 0 fully saturated rings. The number of rotatable bonds is 3. The number of benzene rings is 1. The van der Waals surface area contributed by atoms with E-state index in [-0.39, 0.29) is 5.56 Å². The minimum Gasteiger partial charge on any atom is -0.403 e. The number of carbonyl (C=O) groups is 1. The third-order valence-electron chi connectivity index (χ3n) is 1.86. The maximum Gasteiger partial charge on any atom is 0.573 e. The van der Waals surface area contributed by atoms with Crippen molar-refractivity contribution < 1.29 is 27.1 Å². The fourth-order valence-corrected chi connectivity index (χ4v) is 1.21. The Labute approximate surface area is 101 Å². The van der Waals surface area contributed by atoms with E-state index in [1.165, 1.54) is 6.08 Å². The normalized spacial score (nSPS) is 11.0. The molecule has 0 saturated heterocycles. The van der Waals surface area contributed by atoms with E-state index in [1.54, 1.807) is 13.8 Å². The van der Waals surface area contributed by atoms with Crippen molar-refractivity contribution in [1.82, 2.24) is 0 Å². The van der Waals surface area contributed by atoms with Crippen LogP contribution < -0.4 is 4.74 Å². The Kier molecular flexibility index (Phi) is 4.11. The second-order valence-electron chi connectivity index (χ2n) is 3.78.